The van der Waals surface area contributed by atoms with E-state index in [2.05, 4.69) is 47.5 Å². The maximum atomic E-state index is 4.54. The van der Waals surface area contributed by atoms with Crippen LogP contribution in [-0.4, -0.2) is 25.4 Å². The Kier molecular flexibility index (Phi) is 3.94. The van der Waals surface area contributed by atoms with Crippen LogP contribution < -0.4 is 5.32 Å². The van der Waals surface area contributed by atoms with Gasteiger partial charge in [-0.1, -0.05) is 0 Å². The van der Waals surface area contributed by atoms with Gasteiger partial charge < -0.3 is 9.88 Å². The van der Waals surface area contributed by atoms with Crippen LogP contribution in [0.25, 0.3) is 0 Å². The number of rotatable bonds is 6. The van der Waals surface area contributed by atoms with E-state index in [9.17, 15) is 0 Å². The number of hydrogen-bond donors (Lipinski definition) is 1. The van der Waals surface area contributed by atoms with Crippen LogP contribution in [0.1, 0.15) is 37.0 Å². The first-order valence-corrected chi connectivity index (χ1v) is 7.93. The molecule has 0 atom stereocenters. The fourth-order valence-corrected chi connectivity index (χ4v) is 2.77. The molecule has 1 aliphatic carbocycles. The Hall–Kier alpha value is -1.14. The van der Waals surface area contributed by atoms with Gasteiger partial charge >= 0.3 is 0 Å². The van der Waals surface area contributed by atoms with Crippen LogP contribution in [0.5, 0.6) is 0 Å². The Bertz CT molecular complexity index is 597. The molecule has 2 aromatic heterocycles. The highest BCUT2D eigenvalue weighted by Gasteiger charge is 2.21. The van der Waals surface area contributed by atoms with E-state index in [1.807, 2.05) is 19.3 Å². The first kappa shape index (κ1) is 13.8. The molecule has 0 amide bonds. The molecule has 20 heavy (non-hydrogen) atoms. The molecule has 0 aliphatic heterocycles. The summed E-state index contributed by atoms with van der Waals surface area (Å²) in [5, 5.41) is 8.06. The van der Waals surface area contributed by atoms with Gasteiger partial charge in [-0.15, -0.1) is 0 Å². The summed E-state index contributed by atoms with van der Waals surface area (Å²) in [6, 6.07) is 0.704. The second-order valence-corrected chi connectivity index (χ2v) is 6.08. The summed E-state index contributed by atoms with van der Waals surface area (Å²) in [5.74, 6) is 1.09. The van der Waals surface area contributed by atoms with E-state index < -0.39 is 0 Å². The number of nitrogens with zero attached hydrogens (tertiary/aromatic N) is 4. The van der Waals surface area contributed by atoms with E-state index in [1.165, 1.54) is 18.5 Å². The van der Waals surface area contributed by atoms with Crippen molar-refractivity contribution in [3.63, 3.8) is 0 Å². The predicted octanol–water partition coefficient (Wildman–Crippen LogP) is 2.47. The topological polar surface area (TPSA) is 47.7 Å². The third-order valence-corrected chi connectivity index (χ3v) is 4.73. The zero-order chi connectivity index (χ0) is 14.1. The van der Waals surface area contributed by atoms with E-state index in [1.54, 1.807) is 0 Å². The van der Waals surface area contributed by atoms with Gasteiger partial charge in [-0.2, -0.15) is 5.10 Å². The highest BCUT2D eigenvalue weighted by Crippen LogP contribution is 2.23. The first-order valence-electron chi connectivity index (χ1n) is 7.14. The smallest absolute Gasteiger partial charge is 0.123 e. The largest absolute Gasteiger partial charge is 0.328 e. The Morgan fingerprint density at radius 1 is 1.45 bits per heavy atom. The van der Waals surface area contributed by atoms with E-state index in [0.29, 0.717) is 6.04 Å². The number of halogens is 1. The number of aromatic nitrogens is 4. The normalized spacial score (nSPS) is 14.9. The average molecular weight is 338 g/mol. The third-order valence-electron chi connectivity index (χ3n) is 3.70. The van der Waals surface area contributed by atoms with Gasteiger partial charge in [-0.3, -0.25) is 4.68 Å². The van der Waals surface area contributed by atoms with Crippen molar-refractivity contribution >= 4 is 15.9 Å². The lowest BCUT2D eigenvalue weighted by Crippen LogP contribution is -2.19. The van der Waals surface area contributed by atoms with Crippen molar-refractivity contribution in [2.24, 2.45) is 0 Å². The summed E-state index contributed by atoms with van der Waals surface area (Å²) >= 11 is 3.65. The number of hydrogen-bond acceptors (Lipinski definition) is 3. The molecule has 2 heterocycles. The van der Waals surface area contributed by atoms with Crippen molar-refractivity contribution in [2.75, 3.05) is 0 Å². The van der Waals surface area contributed by atoms with Crippen LogP contribution >= 0.6 is 15.9 Å². The molecule has 0 spiro atoms. The van der Waals surface area contributed by atoms with Crippen LogP contribution in [0.3, 0.4) is 0 Å². The summed E-state index contributed by atoms with van der Waals surface area (Å²) < 4.78 is 5.36. The zero-order valence-electron chi connectivity index (χ0n) is 11.9. The fraction of sp³-hybridized carbons (Fsp3) is 0.571. The number of nitrogens with one attached hydrogen (secondary N) is 1. The second kappa shape index (κ2) is 5.69. The Morgan fingerprint density at radius 2 is 2.25 bits per heavy atom. The molecular weight excluding hydrogens is 318 g/mol. The van der Waals surface area contributed by atoms with Crippen LogP contribution in [0.2, 0.25) is 0 Å². The molecule has 1 aliphatic rings. The minimum absolute atomic E-state index is 0.704. The van der Waals surface area contributed by atoms with Crippen molar-refractivity contribution in [1.82, 2.24) is 24.6 Å². The monoisotopic (exact) mass is 337 g/mol. The molecule has 1 fully saturated rings. The number of aryl methyl sites for hydroxylation is 2. The van der Waals surface area contributed by atoms with Crippen LogP contribution in [-0.2, 0) is 19.6 Å². The molecule has 5 nitrogen and oxygen atoms in total. The van der Waals surface area contributed by atoms with Gasteiger partial charge in [-0.05, 0) is 42.6 Å². The maximum Gasteiger partial charge on any atom is 0.123 e. The minimum atomic E-state index is 0.704. The fourth-order valence-electron chi connectivity index (χ4n) is 2.36. The SMILES string of the molecule is CCn1nc(C)c(Br)c1Cn1ccnc1CNC1CC1. The van der Waals surface area contributed by atoms with Gasteiger partial charge in [0.1, 0.15) is 5.82 Å². The van der Waals surface area contributed by atoms with E-state index >= 15 is 0 Å². The van der Waals surface area contributed by atoms with Gasteiger partial charge in [0.05, 0.1) is 29.0 Å². The quantitative estimate of drug-likeness (QED) is 0.880. The van der Waals surface area contributed by atoms with Gasteiger partial charge in [0, 0.05) is 25.0 Å². The highest BCUT2D eigenvalue weighted by molar-refractivity contribution is 9.10. The van der Waals surface area contributed by atoms with Crippen LogP contribution in [0, 0.1) is 6.92 Å². The highest BCUT2D eigenvalue weighted by atomic mass is 79.9. The van der Waals surface area contributed by atoms with Gasteiger partial charge in [-0.25, -0.2) is 4.98 Å². The second-order valence-electron chi connectivity index (χ2n) is 5.29. The van der Waals surface area contributed by atoms with Crippen molar-refractivity contribution in [1.29, 1.82) is 0 Å². The molecule has 0 unspecified atom stereocenters. The molecule has 0 bridgehead atoms. The molecule has 0 aromatic carbocycles. The summed E-state index contributed by atoms with van der Waals surface area (Å²) in [7, 11) is 0. The van der Waals surface area contributed by atoms with E-state index in [0.717, 1.165) is 35.6 Å². The standard InChI is InChI=1S/C14H20BrN5/c1-3-20-12(14(15)10(2)18-20)9-19-7-6-16-13(19)8-17-11-4-5-11/h6-7,11,17H,3-5,8-9H2,1-2H3. The van der Waals surface area contributed by atoms with E-state index in [-0.39, 0.29) is 0 Å². The molecule has 6 heteroatoms. The Balaban J connectivity index is 1.78. The molecule has 0 saturated heterocycles. The number of imidazole rings is 1. The summed E-state index contributed by atoms with van der Waals surface area (Å²) in [5.41, 5.74) is 2.25. The summed E-state index contributed by atoms with van der Waals surface area (Å²) in [6.07, 6.45) is 6.51. The van der Waals surface area contributed by atoms with Crippen LogP contribution in [0.15, 0.2) is 16.9 Å². The van der Waals surface area contributed by atoms with Crippen molar-refractivity contribution in [3.05, 3.63) is 34.1 Å². The molecule has 108 valence electrons. The lowest BCUT2D eigenvalue weighted by atomic mass is 10.3. The predicted molar refractivity (Wildman–Crippen MR) is 81.5 cm³/mol. The average Bonchev–Trinajstić information content (AvgIpc) is 3.11. The maximum absolute atomic E-state index is 4.54. The third kappa shape index (κ3) is 2.81. The first-order chi connectivity index (χ1) is 9.69. The van der Waals surface area contributed by atoms with Gasteiger partial charge in [0.2, 0.25) is 0 Å². The lowest BCUT2D eigenvalue weighted by molar-refractivity contribution is 0.571. The Labute approximate surface area is 127 Å². The van der Waals surface area contributed by atoms with Crippen molar-refractivity contribution < 1.29 is 0 Å². The molecule has 1 N–H and O–H groups in total. The zero-order valence-corrected chi connectivity index (χ0v) is 13.5. The molecule has 2 aromatic rings. The summed E-state index contributed by atoms with van der Waals surface area (Å²) in [4.78, 5) is 4.46. The van der Waals surface area contributed by atoms with Gasteiger partial charge in [0.15, 0.2) is 0 Å². The molecule has 3 rings (SSSR count). The summed E-state index contributed by atoms with van der Waals surface area (Å²) in [6.45, 7) is 6.67. The Morgan fingerprint density at radius 3 is 2.95 bits per heavy atom. The molecule has 1 saturated carbocycles. The lowest BCUT2D eigenvalue weighted by Gasteiger charge is -2.10. The van der Waals surface area contributed by atoms with Crippen LogP contribution in [0.4, 0.5) is 0 Å². The van der Waals surface area contributed by atoms with Gasteiger partial charge in [0.25, 0.3) is 0 Å². The molecule has 0 radical (unpaired) electrons. The van der Waals surface area contributed by atoms with E-state index in [4.69, 9.17) is 0 Å². The van der Waals surface area contributed by atoms with Crippen molar-refractivity contribution in [2.45, 2.75) is 52.4 Å². The minimum Gasteiger partial charge on any atom is -0.328 e. The molecular formula is C14H20BrN5. The van der Waals surface area contributed by atoms with Crippen molar-refractivity contribution in [3.8, 4) is 0 Å².